The SMILES string of the molecule is CCN(CC)C(=O)[C@@H]1Cc2ccccc2N(C)C1. The Bertz CT molecular complexity index is 426. The molecule has 0 bridgehead atoms. The van der Waals surface area contributed by atoms with Crippen LogP contribution in [0.25, 0.3) is 0 Å². The Morgan fingerprint density at radius 3 is 2.67 bits per heavy atom. The van der Waals surface area contributed by atoms with Gasteiger partial charge in [0, 0.05) is 32.4 Å². The summed E-state index contributed by atoms with van der Waals surface area (Å²) >= 11 is 0. The van der Waals surface area contributed by atoms with Crippen LogP contribution in [0.15, 0.2) is 24.3 Å². The highest BCUT2D eigenvalue weighted by Crippen LogP contribution is 2.29. The first-order valence-electron chi connectivity index (χ1n) is 6.75. The number of carbonyl (C=O) groups is 1. The lowest BCUT2D eigenvalue weighted by Gasteiger charge is -2.35. The van der Waals surface area contributed by atoms with Gasteiger partial charge in [0.05, 0.1) is 5.92 Å². The molecule has 0 N–H and O–H groups in total. The van der Waals surface area contributed by atoms with Gasteiger partial charge in [-0.2, -0.15) is 0 Å². The Balaban J connectivity index is 2.18. The van der Waals surface area contributed by atoms with Crippen molar-refractivity contribution >= 4 is 11.6 Å². The van der Waals surface area contributed by atoms with Crippen LogP contribution in [0.5, 0.6) is 0 Å². The third-order valence-electron chi connectivity index (χ3n) is 3.79. The van der Waals surface area contributed by atoms with Crippen molar-refractivity contribution in [1.29, 1.82) is 0 Å². The fourth-order valence-corrected chi connectivity index (χ4v) is 2.77. The van der Waals surface area contributed by atoms with E-state index >= 15 is 0 Å². The van der Waals surface area contributed by atoms with E-state index in [0.29, 0.717) is 5.91 Å². The van der Waals surface area contributed by atoms with Crippen molar-refractivity contribution < 1.29 is 4.79 Å². The molecule has 0 saturated carbocycles. The lowest BCUT2D eigenvalue weighted by atomic mass is 9.91. The van der Waals surface area contributed by atoms with Gasteiger partial charge in [0.15, 0.2) is 0 Å². The summed E-state index contributed by atoms with van der Waals surface area (Å²) in [5, 5.41) is 0. The minimum absolute atomic E-state index is 0.102. The summed E-state index contributed by atoms with van der Waals surface area (Å²) in [6, 6.07) is 8.37. The average molecular weight is 246 g/mol. The Morgan fingerprint density at radius 2 is 2.00 bits per heavy atom. The standard InChI is InChI=1S/C15H22N2O/c1-4-17(5-2)15(18)13-10-12-8-6-7-9-14(12)16(3)11-13/h6-9,13H,4-5,10-11H2,1-3H3/t13-/m1/s1. The molecule has 1 aliphatic heterocycles. The Kier molecular flexibility index (Phi) is 3.90. The van der Waals surface area contributed by atoms with Gasteiger partial charge in [-0.3, -0.25) is 4.79 Å². The normalized spacial score (nSPS) is 18.4. The van der Waals surface area contributed by atoms with Crippen LogP contribution >= 0.6 is 0 Å². The van der Waals surface area contributed by atoms with Crippen LogP contribution in [0.3, 0.4) is 0 Å². The minimum atomic E-state index is 0.102. The third-order valence-corrected chi connectivity index (χ3v) is 3.79. The van der Waals surface area contributed by atoms with Crippen molar-refractivity contribution in [3.05, 3.63) is 29.8 Å². The second kappa shape index (κ2) is 5.42. The van der Waals surface area contributed by atoms with Gasteiger partial charge in [-0.15, -0.1) is 0 Å². The van der Waals surface area contributed by atoms with E-state index in [1.807, 2.05) is 18.7 Å². The molecular weight excluding hydrogens is 224 g/mol. The summed E-state index contributed by atoms with van der Waals surface area (Å²) in [5.74, 6) is 0.395. The molecule has 18 heavy (non-hydrogen) atoms. The quantitative estimate of drug-likeness (QED) is 0.816. The van der Waals surface area contributed by atoms with Crippen molar-refractivity contribution in [2.24, 2.45) is 5.92 Å². The van der Waals surface area contributed by atoms with E-state index < -0.39 is 0 Å². The zero-order chi connectivity index (χ0) is 13.1. The summed E-state index contributed by atoms with van der Waals surface area (Å²) in [6.07, 6.45) is 0.871. The number of hydrogen-bond donors (Lipinski definition) is 0. The van der Waals surface area contributed by atoms with E-state index in [1.165, 1.54) is 11.3 Å². The fraction of sp³-hybridized carbons (Fsp3) is 0.533. The highest BCUT2D eigenvalue weighted by Gasteiger charge is 2.29. The molecule has 3 nitrogen and oxygen atoms in total. The smallest absolute Gasteiger partial charge is 0.227 e. The van der Waals surface area contributed by atoms with Gasteiger partial charge < -0.3 is 9.80 Å². The first-order chi connectivity index (χ1) is 8.67. The molecule has 0 fully saturated rings. The molecule has 3 heteroatoms. The molecule has 0 spiro atoms. The zero-order valence-corrected chi connectivity index (χ0v) is 11.5. The first-order valence-corrected chi connectivity index (χ1v) is 6.75. The number of fused-ring (bicyclic) bond motifs is 1. The maximum Gasteiger partial charge on any atom is 0.227 e. The highest BCUT2D eigenvalue weighted by atomic mass is 16.2. The Hall–Kier alpha value is -1.51. The average Bonchev–Trinajstić information content (AvgIpc) is 2.40. The van der Waals surface area contributed by atoms with Crippen LogP contribution in [0, 0.1) is 5.92 Å². The number of amides is 1. The van der Waals surface area contributed by atoms with E-state index in [0.717, 1.165) is 26.1 Å². The van der Waals surface area contributed by atoms with Crippen molar-refractivity contribution in [2.75, 3.05) is 31.6 Å². The Labute approximate surface area is 109 Å². The third kappa shape index (κ3) is 2.35. The molecule has 1 atom stereocenters. The van der Waals surface area contributed by atoms with Crippen LogP contribution in [0.1, 0.15) is 19.4 Å². The predicted molar refractivity (Wildman–Crippen MR) is 74.8 cm³/mol. The van der Waals surface area contributed by atoms with Gasteiger partial charge >= 0.3 is 0 Å². The molecule has 0 aromatic heterocycles. The number of para-hydroxylation sites is 1. The first kappa shape index (κ1) is 12.9. The van der Waals surface area contributed by atoms with Crippen LogP contribution in [-0.2, 0) is 11.2 Å². The van der Waals surface area contributed by atoms with Crippen LogP contribution in [0.4, 0.5) is 5.69 Å². The minimum Gasteiger partial charge on any atom is -0.374 e. The number of anilines is 1. The molecule has 1 aromatic carbocycles. The number of carbonyl (C=O) groups excluding carboxylic acids is 1. The molecule has 2 rings (SSSR count). The van der Waals surface area contributed by atoms with Gasteiger partial charge in [-0.1, -0.05) is 18.2 Å². The zero-order valence-electron chi connectivity index (χ0n) is 11.5. The lowest BCUT2D eigenvalue weighted by molar-refractivity contribution is -0.134. The second-order valence-electron chi connectivity index (χ2n) is 4.92. The van der Waals surface area contributed by atoms with E-state index in [2.05, 4.69) is 36.2 Å². The lowest BCUT2D eigenvalue weighted by Crippen LogP contribution is -2.44. The summed E-state index contributed by atoms with van der Waals surface area (Å²) < 4.78 is 0. The molecule has 1 aromatic rings. The summed E-state index contributed by atoms with van der Waals surface area (Å²) in [4.78, 5) is 16.6. The van der Waals surface area contributed by atoms with Gasteiger partial charge in [0.1, 0.15) is 0 Å². The topological polar surface area (TPSA) is 23.6 Å². The molecule has 0 aliphatic carbocycles. The van der Waals surface area contributed by atoms with Crippen molar-refractivity contribution in [3.63, 3.8) is 0 Å². The van der Waals surface area contributed by atoms with E-state index in [-0.39, 0.29) is 5.92 Å². The second-order valence-corrected chi connectivity index (χ2v) is 4.92. The highest BCUT2D eigenvalue weighted by molar-refractivity contribution is 5.81. The van der Waals surface area contributed by atoms with Crippen LogP contribution < -0.4 is 4.90 Å². The summed E-state index contributed by atoms with van der Waals surface area (Å²) in [6.45, 7) is 6.52. The summed E-state index contributed by atoms with van der Waals surface area (Å²) in [5.41, 5.74) is 2.55. The number of rotatable bonds is 3. The monoisotopic (exact) mass is 246 g/mol. The largest absolute Gasteiger partial charge is 0.374 e. The van der Waals surface area contributed by atoms with Gasteiger partial charge in [0.2, 0.25) is 5.91 Å². The molecule has 0 unspecified atom stereocenters. The maximum atomic E-state index is 12.4. The molecule has 0 saturated heterocycles. The molecule has 98 valence electrons. The van der Waals surface area contributed by atoms with Crippen molar-refractivity contribution in [2.45, 2.75) is 20.3 Å². The van der Waals surface area contributed by atoms with Gasteiger partial charge in [-0.05, 0) is 31.9 Å². The number of nitrogens with zero attached hydrogens (tertiary/aromatic N) is 2. The van der Waals surface area contributed by atoms with E-state index in [4.69, 9.17) is 0 Å². The van der Waals surface area contributed by atoms with Gasteiger partial charge in [0.25, 0.3) is 0 Å². The number of benzene rings is 1. The molecular formula is C15H22N2O. The van der Waals surface area contributed by atoms with Crippen molar-refractivity contribution in [3.8, 4) is 0 Å². The van der Waals surface area contributed by atoms with E-state index in [9.17, 15) is 4.79 Å². The number of hydrogen-bond acceptors (Lipinski definition) is 2. The predicted octanol–water partition coefficient (Wildman–Crippen LogP) is 2.16. The van der Waals surface area contributed by atoms with Crippen LogP contribution in [0.2, 0.25) is 0 Å². The van der Waals surface area contributed by atoms with E-state index in [1.54, 1.807) is 0 Å². The molecule has 1 amide bonds. The molecule has 1 heterocycles. The maximum absolute atomic E-state index is 12.4. The summed E-state index contributed by atoms with van der Waals surface area (Å²) in [7, 11) is 2.07. The fourth-order valence-electron chi connectivity index (χ4n) is 2.77. The van der Waals surface area contributed by atoms with Gasteiger partial charge in [-0.25, -0.2) is 0 Å². The Morgan fingerprint density at radius 1 is 1.33 bits per heavy atom. The molecule has 1 aliphatic rings. The molecule has 0 radical (unpaired) electrons. The van der Waals surface area contributed by atoms with Crippen molar-refractivity contribution in [1.82, 2.24) is 4.90 Å². The van der Waals surface area contributed by atoms with Crippen LogP contribution in [-0.4, -0.2) is 37.5 Å².